The average Bonchev–Trinajstić information content (AvgIpc) is 2.88. The van der Waals surface area contributed by atoms with Crippen molar-refractivity contribution in [1.29, 1.82) is 5.26 Å². The van der Waals surface area contributed by atoms with E-state index in [4.69, 9.17) is 0 Å². The molecule has 122 valence electrons. The number of benzene rings is 1. The summed E-state index contributed by atoms with van der Waals surface area (Å²) in [5, 5.41) is 9.52. The molecule has 0 aliphatic rings. The van der Waals surface area contributed by atoms with E-state index in [1.165, 1.54) is 3.97 Å². The van der Waals surface area contributed by atoms with E-state index >= 15 is 0 Å². The van der Waals surface area contributed by atoms with E-state index in [1.807, 2.05) is 22.6 Å². The first-order chi connectivity index (χ1) is 11.3. The minimum atomic E-state index is -3.78. The third-order valence-corrected chi connectivity index (χ3v) is 6.89. The Morgan fingerprint density at radius 2 is 1.83 bits per heavy atom. The molecule has 0 N–H and O–H groups in total. The summed E-state index contributed by atoms with van der Waals surface area (Å²) in [5.41, 5.74) is 0.776. The zero-order valence-corrected chi connectivity index (χ0v) is 16.0. The number of nitriles is 1. The third kappa shape index (κ3) is 2.50. The van der Waals surface area contributed by atoms with Crippen LogP contribution in [0, 0.1) is 15.0 Å². The second-order valence-electron chi connectivity index (χ2n) is 5.86. The van der Waals surface area contributed by atoms with Crippen molar-refractivity contribution < 1.29 is 8.42 Å². The fraction of sp³-hybridized carbons (Fsp3) is 0.176. The summed E-state index contributed by atoms with van der Waals surface area (Å²) in [5.74, 6) is 0. The number of halogens is 1. The Hall–Kier alpha value is -1.92. The van der Waals surface area contributed by atoms with Crippen molar-refractivity contribution in [3.63, 3.8) is 0 Å². The maximum absolute atomic E-state index is 13.1. The highest BCUT2D eigenvalue weighted by molar-refractivity contribution is 14.1. The predicted octanol–water partition coefficient (Wildman–Crippen LogP) is 3.68. The average molecular weight is 451 g/mol. The van der Waals surface area contributed by atoms with Crippen LogP contribution in [-0.4, -0.2) is 17.4 Å². The molecule has 1 aromatic carbocycles. The van der Waals surface area contributed by atoms with E-state index in [-0.39, 0.29) is 4.90 Å². The predicted molar refractivity (Wildman–Crippen MR) is 100 cm³/mol. The van der Waals surface area contributed by atoms with Gasteiger partial charge in [-0.05, 0) is 60.7 Å². The Balaban J connectivity index is 2.44. The van der Waals surface area contributed by atoms with E-state index in [0.29, 0.717) is 20.3 Å². The first-order valence-corrected chi connectivity index (χ1v) is 9.70. The number of fused-ring (bicyclic) bond motifs is 1. The van der Waals surface area contributed by atoms with Gasteiger partial charge in [-0.3, -0.25) is 4.98 Å². The Kier molecular flexibility index (Phi) is 4.13. The Morgan fingerprint density at radius 3 is 2.46 bits per heavy atom. The molecule has 2 aromatic heterocycles. The summed E-state index contributed by atoms with van der Waals surface area (Å²) in [6, 6.07) is 13.9. The zero-order chi connectivity index (χ0) is 17.5. The monoisotopic (exact) mass is 451 g/mol. The van der Waals surface area contributed by atoms with Gasteiger partial charge in [-0.15, -0.1) is 0 Å². The van der Waals surface area contributed by atoms with Gasteiger partial charge in [-0.2, -0.15) is 5.26 Å². The zero-order valence-electron chi connectivity index (χ0n) is 13.1. The smallest absolute Gasteiger partial charge is 0.254 e. The second kappa shape index (κ2) is 5.86. The summed E-state index contributed by atoms with van der Waals surface area (Å²) < 4.78 is 28.0. The normalized spacial score (nSPS) is 12.2. The van der Waals surface area contributed by atoms with Crippen molar-refractivity contribution in [3.05, 3.63) is 57.9 Å². The van der Waals surface area contributed by atoms with Crippen LogP contribution in [0.15, 0.2) is 53.6 Å². The molecule has 0 aliphatic heterocycles. The number of pyridine rings is 1. The molecule has 0 amide bonds. The summed E-state index contributed by atoms with van der Waals surface area (Å²) in [4.78, 5) is 4.54. The highest BCUT2D eigenvalue weighted by atomic mass is 127. The van der Waals surface area contributed by atoms with Crippen molar-refractivity contribution in [2.45, 2.75) is 24.2 Å². The first-order valence-electron chi connectivity index (χ1n) is 7.18. The van der Waals surface area contributed by atoms with Crippen LogP contribution >= 0.6 is 22.6 Å². The van der Waals surface area contributed by atoms with Gasteiger partial charge < -0.3 is 0 Å². The number of rotatable bonds is 3. The topological polar surface area (TPSA) is 75.8 Å². The Morgan fingerprint density at radius 1 is 1.17 bits per heavy atom. The fourth-order valence-electron chi connectivity index (χ4n) is 2.60. The molecule has 2 heterocycles. The molecule has 0 fully saturated rings. The largest absolute Gasteiger partial charge is 0.269 e. The third-order valence-electron chi connectivity index (χ3n) is 3.81. The van der Waals surface area contributed by atoms with E-state index in [2.05, 4.69) is 11.1 Å². The van der Waals surface area contributed by atoms with E-state index in [0.717, 1.165) is 0 Å². The van der Waals surface area contributed by atoms with Crippen LogP contribution in [0.1, 0.15) is 19.4 Å². The molecule has 0 saturated heterocycles. The molecular weight excluding hydrogens is 437 g/mol. The number of aromatic nitrogens is 2. The van der Waals surface area contributed by atoms with Crippen LogP contribution in [0.25, 0.3) is 11.0 Å². The maximum atomic E-state index is 13.1. The van der Waals surface area contributed by atoms with Crippen molar-refractivity contribution in [2.24, 2.45) is 0 Å². The summed E-state index contributed by atoms with van der Waals surface area (Å²) in [6.07, 6.45) is 1.61. The quantitative estimate of drug-likeness (QED) is 0.570. The van der Waals surface area contributed by atoms with Crippen LogP contribution in [0.2, 0.25) is 0 Å². The number of nitrogens with zero attached hydrogens (tertiary/aromatic N) is 3. The molecule has 7 heteroatoms. The van der Waals surface area contributed by atoms with Gasteiger partial charge in [0.25, 0.3) is 10.0 Å². The van der Waals surface area contributed by atoms with Gasteiger partial charge in [-0.25, -0.2) is 12.4 Å². The van der Waals surface area contributed by atoms with Crippen LogP contribution in [-0.2, 0) is 15.4 Å². The summed E-state index contributed by atoms with van der Waals surface area (Å²) >= 11 is 1.99. The SMILES string of the molecule is CC(C)(C#N)c1c(I)n(S(=O)(=O)c2ccccc2)c2cccnc12. The highest BCUT2D eigenvalue weighted by Gasteiger charge is 2.33. The molecule has 3 aromatic rings. The van der Waals surface area contributed by atoms with Gasteiger partial charge >= 0.3 is 0 Å². The van der Waals surface area contributed by atoms with Crippen LogP contribution < -0.4 is 0 Å². The van der Waals surface area contributed by atoms with E-state index < -0.39 is 15.4 Å². The molecule has 0 unspecified atom stereocenters. The lowest BCUT2D eigenvalue weighted by atomic mass is 9.87. The molecule has 5 nitrogen and oxygen atoms in total. The van der Waals surface area contributed by atoms with Crippen molar-refractivity contribution >= 4 is 43.6 Å². The lowest BCUT2D eigenvalue weighted by Gasteiger charge is -2.15. The summed E-state index contributed by atoms with van der Waals surface area (Å²) in [6.45, 7) is 3.52. The van der Waals surface area contributed by atoms with Gasteiger partial charge in [0, 0.05) is 11.8 Å². The van der Waals surface area contributed by atoms with Gasteiger partial charge in [-0.1, -0.05) is 18.2 Å². The lowest BCUT2D eigenvalue weighted by molar-refractivity contribution is 0.587. The standard InChI is InChI=1S/C17H14IN3O2S/c1-17(2,11-19)14-15-13(9-6-10-20-15)21(16(14)18)24(22,23)12-7-4-3-5-8-12/h3-10H,1-2H3. The van der Waals surface area contributed by atoms with Crippen molar-refractivity contribution in [2.75, 3.05) is 0 Å². The van der Waals surface area contributed by atoms with Crippen molar-refractivity contribution in [3.8, 4) is 6.07 Å². The van der Waals surface area contributed by atoms with Crippen LogP contribution in [0.5, 0.6) is 0 Å². The lowest BCUT2D eigenvalue weighted by Crippen LogP contribution is -2.19. The highest BCUT2D eigenvalue weighted by Crippen LogP contribution is 2.37. The van der Waals surface area contributed by atoms with E-state index in [9.17, 15) is 13.7 Å². The van der Waals surface area contributed by atoms with Gasteiger partial charge in [0.15, 0.2) is 0 Å². The maximum Gasteiger partial charge on any atom is 0.269 e. The van der Waals surface area contributed by atoms with Crippen LogP contribution in [0.4, 0.5) is 0 Å². The second-order valence-corrected chi connectivity index (χ2v) is 8.66. The van der Waals surface area contributed by atoms with Gasteiger partial charge in [0.1, 0.15) is 3.70 Å². The molecule has 0 radical (unpaired) electrons. The molecular formula is C17H14IN3O2S. The minimum Gasteiger partial charge on any atom is -0.254 e. The van der Waals surface area contributed by atoms with Gasteiger partial charge in [0.05, 0.1) is 27.4 Å². The molecule has 3 rings (SSSR count). The molecule has 0 saturated carbocycles. The fourth-order valence-corrected chi connectivity index (χ4v) is 5.99. The van der Waals surface area contributed by atoms with Gasteiger partial charge in [0.2, 0.25) is 0 Å². The Labute approximate surface area is 154 Å². The van der Waals surface area contributed by atoms with Crippen LogP contribution in [0.3, 0.4) is 0 Å². The molecule has 0 bridgehead atoms. The minimum absolute atomic E-state index is 0.199. The summed E-state index contributed by atoms with van der Waals surface area (Å²) in [7, 11) is -3.78. The molecule has 0 aliphatic carbocycles. The Bertz CT molecular complexity index is 1060. The number of hydrogen-bond acceptors (Lipinski definition) is 4. The molecule has 0 spiro atoms. The molecule has 0 atom stereocenters. The van der Waals surface area contributed by atoms with E-state index in [1.54, 1.807) is 62.5 Å². The molecule has 24 heavy (non-hydrogen) atoms. The first kappa shape index (κ1) is 16.9. The number of hydrogen-bond donors (Lipinski definition) is 0. The van der Waals surface area contributed by atoms with Crippen molar-refractivity contribution in [1.82, 2.24) is 8.96 Å².